The van der Waals surface area contributed by atoms with E-state index in [2.05, 4.69) is 0 Å². The minimum absolute atomic E-state index is 0.0239. The number of hydrogen-bond acceptors (Lipinski definition) is 6. The van der Waals surface area contributed by atoms with E-state index in [4.69, 9.17) is 26.2 Å². The molecule has 0 bridgehead atoms. The Bertz CT molecular complexity index is 1180. The number of nitro benzene ring substituents is 1. The first-order chi connectivity index (χ1) is 15.0. The summed E-state index contributed by atoms with van der Waals surface area (Å²) in [6.07, 6.45) is 0.113. The van der Waals surface area contributed by atoms with E-state index in [9.17, 15) is 10.1 Å². The summed E-state index contributed by atoms with van der Waals surface area (Å²) >= 11 is 6.35. The highest BCUT2D eigenvalue weighted by molar-refractivity contribution is 6.30. The second-order valence-corrected chi connectivity index (χ2v) is 7.79. The second-order valence-electron chi connectivity index (χ2n) is 7.36. The van der Waals surface area contributed by atoms with Crippen molar-refractivity contribution in [3.05, 3.63) is 98.6 Å². The Morgan fingerprint density at radius 1 is 1.16 bits per heavy atom. The number of nitro groups is 1. The average Bonchev–Trinajstić information content (AvgIpc) is 3.24. The third-order valence-electron chi connectivity index (χ3n) is 5.54. The van der Waals surface area contributed by atoms with Crippen molar-refractivity contribution in [2.24, 2.45) is 5.10 Å². The van der Waals surface area contributed by atoms with Crippen molar-refractivity contribution in [2.75, 3.05) is 7.11 Å². The molecule has 2 aliphatic heterocycles. The molecule has 0 amide bonds. The highest BCUT2D eigenvalue weighted by atomic mass is 35.5. The van der Waals surface area contributed by atoms with Crippen molar-refractivity contribution in [3.63, 3.8) is 0 Å². The molecule has 31 heavy (non-hydrogen) atoms. The first kappa shape index (κ1) is 19.4. The van der Waals surface area contributed by atoms with Crippen LogP contribution in [0.25, 0.3) is 0 Å². The van der Waals surface area contributed by atoms with Crippen LogP contribution < -0.4 is 9.47 Å². The molecule has 0 aromatic heterocycles. The third-order valence-corrected chi connectivity index (χ3v) is 5.75. The van der Waals surface area contributed by atoms with Gasteiger partial charge in [0.05, 0.1) is 23.8 Å². The summed E-state index contributed by atoms with van der Waals surface area (Å²) in [7, 11) is 1.57. The molecule has 5 rings (SSSR count). The number of rotatable bonds is 4. The Morgan fingerprint density at radius 2 is 1.90 bits per heavy atom. The molecule has 0 radical (unpaired) electrons. The maximum Gasteiger partial charge on any atom is 0.269 e. The van der Waals surface area contributed by atoms with Crippen LogP contribution >= 0.6 is 11.6 Å². The highest BCUT2D eigenvalue weighted by Crippen LogP contribution is 2.51. The molecule has 8 heteroatoms. The summed E-state index contributed by atoms with van der Waals surface area (Å²) in [6, 6.07) is 19.8. The topological polar surface area (TPSA) is 77.2 Å². The van der Waals surface area contributed by atoms with E-state index in [1.807, 2.05) is 41.4 Å². The zero-order valence-corrected chi connectivity index (χ0v) is 17.3. The van der Waals surface area contributed by atoms with E-state index in [1.54, 1.807) is 25.3 Å². The van der Waals surface area contributed by atoms with Crippen molar-refractivity contribution in [1.82, 2.24) is 5.01 Å². The second kappa shape index (κ2) is 7.59. The predicted octanol–water partition coefficient (Wildman–Crippen LogP) is 5.50. The summed E-state index contributed by atoms with van der Waals surface area (Å²) in [5, 5.41) is 18.4. The molecule has 7 nitrogen and oxygen atoms in total. The van der Waals surface area contributed by atoms with Gasteiger partial charge in [-0.05, 0) is 23.8 Å². The average molecular weight is 436 g/mol. The quantitative estimate of drug-likeness (QED) is 0.399. The lowest BCUT2D eigenvalue weighted by molar-refractivity contribution is -0.384. The van der Waals surface area contributed by atoms with Gasteiger partial charge in [0.2, 0.25) is 6.23 Å². The van der Waals surface area contributed by atoms with E-state index in [0.29, 0.717) is 22.9 Å². The van der Waals surface area contributed by atoms with Crippen molar-refractivity contribution >= 4 is 23.0 Å². The van der Waals surface area contributed by atoms with Crippen molar-refractivity contribution in [2.45, 2.75) is 18.7 Å². The standard InChI is InChI=1S/C23H18ClN3O4/c1-30-21-12-16(24)11-18-20-13-19(14-5-3-2-4-6-14)25-26(20)23(31-22(18)21)15-7-9-17(10-8-15)27(28)29/h2-12,20,23H,13H2,1H3/t20-,23+/m0/s1. The van der Waals surface area contributed by atoms with Crippen molar-refractivity contribution in [3.8, 4) is 11.5 Å². The van der Waals surface area contributed by atoms with Crippen LogP contribution in [0.5, 0.6) is 11.5 Å². The summed E-state index contributed by atoms with van der Waals surface area (Å²) in [6.45, 7) is 0. The SMILES string of the molecule is COc1cc(Cl)cc2c1O[C@H](c1ccc([N+](=O)[O-])cc1)N1N=C(c3ccccc3)C[C@@H]21. The van der Waals surface area contributed by atoms with Gasteiger partial charge in [0.1, 0.15) is 0 Å². The van der Waals surface area contributed by atoms with Gasteiger partial charge in [-0.2, -0.15) is 5.10 Å². The fourth-order valence-electron chi connectivity index (χ4n) is 4.06. The van der Waals surface area contributed by atoms with Gasteiger partial charge in [-0.3, -0.25) is 10.1 Å². The van der Waals surface area contributed by atoms with Gasteiger partial charge in [0.15, 0.2) is 11.5 Å². The normalized spacial score (nSPS) is 19.2. The fraction of sp³-hybridized carbons (Fsp3) is 0.174. The molecular formula is C23H18ClN3O4. The molecule has 2 heterocycles. The lowest BCUT2D eigenvalue weighted by atomic mass is 9.95. The number of nitrogens with zero attached hydrogens (tertiary/aromatic N) is 3. The van der Waals surface area contributed by atoms with E-state index in [1.165, 1.54) is 12.1 Å². The van der Waals surface area contributed by atoms with Gasteiger partial charge < -0.3 is 9.47 Å². The number of hydrazone groups is 1. The lowest BCUT2D eigenvalue weighted by Gasteiger charge is -2.38. The van der Waals surface area contributed by atoms with Gasteiger partial charge in [-0.25, -0.2) is 5.01 Å². The zero-order valence-electron chi connectivity index (χ0n) is 16.6. The molecular weight excluding hydrogens is 418 g/mol. The van der Waals surface area contributed by atoms with E-state index >= 15 is 0 Å². The first-order valence-corrected chi connectivity index (χ1v) is 10.1. The molecule has 0 saturated carbocycles. The van der Waals surface area contributed by atoms with Gasteiger partial charge >= 0.3 is 0 Å². The summed E-state index contributed by atoms with van der Waals surface area (Å²) in [4.78, 5) is 10.6. The molecule has 3 aromatic carbocycles. The number of methoxy groups -OCH3 is 1. The van der Waals surface area contributed by atoms with Gasteiger partial charge in [0.25, 0.3) is 5.69 Å². The maximum atomic E-state index is 11.1. The Morgan fingerprint density at radius 3 is 2.58 bits per heavy atom. The van der Waals surface area contributed by atoms with Crippen LogP contribution in [-0.2, 0) is 0 Å². The molecule has 0 unspecified atom stereocenters. The molecule has 3 aromatic rings. The highest BCUT2D eigenvalue weighted by Gasteiger charge is 2.42. The zero-order chi connectivity index (χ0) is 21.5. The van der Waals surface area contributed by atoms with E-state index in [-0.39, 0.29) is 11.7 Å². The van der Waals surface area contributed by atoms with Crippen LogP contribution in [0.15, 0.2) is 71.8 Å². The number of non-ortho nitro benzene ring substituents is 1. The number of hydrogen-bond donors (Lipinski definition) is 0. The minimum atomic E-state index is -0.561. The van der Waals surface area contributed by atoms with Crippen LogP contribution in [0.2, 0.25) is 5.02 Å². The Hall–Kier alpha value is -3.58. The molecule has 156 valence electrons. The molecule has 0 N–H and O–H groups in total. The number of fused-ring (bicyclic) bond motifs is 3. The molecule has 2 atom stereocenters. The molecule has 2 aliphatic rings. The smallest absolute Gasteiger partial charge is 0.269 e. The number of benzene rings is 3. The Labute approximate surface area is 183 Å². The van der Waals surface area contributed by atoms with Crippen molar-refractivity contribution < 1.29 is 14.4 Å². The van der Waals surface area contributed by atoms with E-state index < -0.39 is 11.2 Å². The Kier molecular flexibility index (Phi) is 4.75. The molecule has 0 aliphatic carbocycles. The van der Waals surface area contributed by atoms with Crippen LogP contribution in [0.1, 0.15) is 35.4 Å². The van der Waals surface area contributed by atoms with Crippen LogP contribution in [0.3, 0.4) is 0 Å². The van der Waals surface area contributed by atoms with Gasteiger partial charge in [0, 0.05) is 40.8 Å². The van der Waals surface area contributed by atoms with Crippen molar-refractivity contribution in [1.29, 1.82) is 0 Å². The fourth-order valence-corrected chi connectivity index (χ4v) is 4.28. The first-order valence-electron chi connectivity index (χ1n) is 9.75. The summed E-state index contributed by atoms with van der Waals surface area (Å²) in [5.74, 6) is 1.16. The maximum absolute atomic E-state index is 11.1. The monoisotopic (exact) mass is 435 g/mol. The summed E-state index contributed by atoms with van der Waals surface area (Å²) < 4.78 is 11.9. The third kappa shape index (κ3) is 3.37. The molecule has 0 fully saturated rings. The summed E-state index contributed by atoms with van der Waals surface area (Å²) in [5.41, 5.74) is 3.66. The van der Waals surface area contributed by atoms with Gasteiger partial charge in [-0.15, -0.1) is 0 Å². The minimum Gasteiger partial charge on any atom is -0.493 e. The van der Waals surface area contributed by atoms with Crippen LogP contribution in [0, 0.1) is 10.1 Å². The predicted molar refractivity (Wildman–Crippen MR) is 117 cm³/mol. The number of halogens is 1. The Balaban J connectivity index is 1.62. The van der Waals surface area contributed by atoms with Gasteiger partial charge in [-0.1, -0.05) is 41.9 Å². The number of ether oxygens (including phenoxy) is 2. The van der Waals surface area contributed by atoms with Crippen LogP contribution in [0.4, 0.5) is 5.69 Å². The largest absolute Gasteiger partial charge is 0.493 e. The molecule has 0 spiro atoms. The molecule has 0 saturated heterocycles. The lowest BCUT2D eigenvalue weighted by Crippen LogP contribution is -2.33. The van der Waals surface area contributed by atoms with Crippen LogP contribution in [-0.4, -0.2) is 22.8 Å². The van der Waals surface area contributed by atoms with E-state index in [0.717, 1.165) is 22.4 Å².